The van der Waals surface area contributed by atoms with Gasteiger partial charge in [0.2, 0.25) is 0 Å². The summed E-state index contributed by atoms with van der Waals surface area (Å²) in [5, 5.41) is 16.3. The first-order valence-corrected chi connectivity index (χ1v) is 8.38. The number of carboxylic acids is 1. The normalized spacial score (nSPS) is 16.2. The van der Waals surface area contributed by atoms with Gasteiger partial charge < -0.3 is 10.4 Å². The summed E-state index contributed by atoms with van der Waals surface area (Å²) in [5.41, 5.74) is 1.18. The summed E-state index contributed by atoms with van der Waals surface area (Å²) in [6, 6.07) is 0.961. The molecule has 1 aromatic rings. The van der Waals surface area contributed by atoms with Crippen molar-refractivity contribution in [2.75, 3.05) is 0 Å². The molecule has 23 heavy (non-hydrogen) atoms. The third-order valence-corrected chi connectivity index (χ3v) is 4.05. The Bertz CT molecular complexity index is 582. The molecule has 0 radical (unpaired) electrons. The number of amides is 1. The van der Waals surface area contributed by atoms with Crippen molar-refractivity contribution in [1.82, 2.24) is 15.1 Å². The summed E-state index contributed by atoms with van der Waals surface area (Å²) in [7, 11) is 0. The topological polar surface area (TPSA) is 84.2 Å². The predicted octanol–water partition coefficient (Wildman–Crippen LogP) is 2.89. The fourth-order valence-corrected chi connectivity index (χ4v) is 2.61. The molecule has 0 saturated heterocycles. The molecule has 6 nitrogen and oxygen atoms in total. The Kier molecular flexibility index (Phi) is 5.12. The molecule has 6 heteroatoms. The molecular weight excluding hydrogens is 294 g/mol. The zero-order valence-corrected chi connectivity index (χ0v) is 14.4. The maximum absolute atomic E-state index is 12.4. The summed E-state index contributed by atoms with van der Waals surface area (Å²) in [6.07, 6.45) is 4.34. The van der Waals surface area contributed by atoms with Crippen LogP contribution in [0.1, 0.15) is 81.9 Å². The number of carbonyl (C=O) groups is 2. The molecule has 0 bridgehead atoms. The van der Waals surface area contributed by atoms with Gasteiger partial charge in [-0.25, -0.2) is 4.79 Å². The lowest BCUT2D eigenvalue weighted by atomic mass is 10.1. The number of carbonyl (C=O) groups excluding carboxylic acids is 1. The van der Waals surface area contributed by atoms with E-state index in [4.69, 9.17) is 0 Å². The molecule has 1 aliphatic rings. The average molecular weight is 321 g/mol. The summed E-state index contributed by atoms with van der Waals surface area (Å²) in [6.45, 7) is 8.15. The Morgan fingerprint density at radius 3 is 2.57 bits per heavy atom. The van der Waals surface area contributed by atoms with Gasteiger partial charge in [-0.05, 0) is 46.1 Å². The molecule has 1 atom stereocenters. The van der Waals surface area contributed by atoms with Crippen LogP contribution in [0.4, 0.5) is 0 Å². The van der Waals surface area contributed by atoms with Crippen LogP contribution >= 0.6 is 0 Å². The number of nitrogens with one attached hydrogen (secondary N) is 1. The highest BCUT2D eigenvalue weighted by molar-refractivity contribution is 5.95. The first-order valence-electron chi connectivity index (χ1n) is 8.38. The summed E-state index contributed by atoms with van der Waals surface area (Å²) >= 11 is 0. The fourth-order valence-electron chi connectivity index (χ4n) is 2.61. The van der Waals surface area contributed by atoms with Crippen molar-refractivity contribution >= 4 is 11.9 Å². The van der Waals surface area contributed by atoms with Gasteiger partial charge in [-0.3, -0.25) is 9.48 Å². The van der Waals surface area contributed by atoms with Crippen molar-refractivity contribution in [3.05, 3.63) is 17.5 Å². The number of aromatic nitrogens is 2. The van der Waals surface area contributed by atoms with Crippen LogP contribution < -0.4 is 5.32 Å². The predicted molar refractivity (Wildman–Crippen MR) is 87.6 cm³/mol. The summed E-state index contributed by atoms with van der Waals surface area (Å²) in [4.78, 5) is 23.7. The van der Waals surface area contributed by atoms with E-state index in [2.05, 4.69) is 31.2 Å². The lowest BCUT2D eigenvalue weighted by Crippen LogP contribution is -2.41. The number of carboxylic acid groups (broad SMARTS) is 1. The highest BCUT2D eigenvalue weighted by Gasteiger charge is 2.33. The van der Waals surface area contributed by atoms with Gasteiger partial charge in [-0.15, -0.1) is 0 Å². The molecule has 0 aliphatic heterocycles. The molecule has 1 amide bonds. The zero-order valence-electron chi connectivity index (χ0n) is 14.4. The van der Waals surface area contributed by atoms with Gasteiger partial charge in [0, 0.05) is 11.6 Å². The number of hydrogen-bond donors (Lipinski definition) is 2. The molecule has 1 aliphatic carbocycles. The molecular formula is C17H27N3O3. The highest BCUT2D eigenvalue weighted by Crippen LogP contribution is 2.41. The molecule has 2 rings (SSSR count). The Balaban J connectivity index is 2.17. The van der Waals surface area contributed by atoms with Crippen molar-refractivity contribution in [2.45, 2.75) is 77.3 Å². The van der Waals surface area contributed by atoms with Gasteiger partial charge >= 0.3 is 5.97 Å². The van der Waals surface area contributed by atoms with E-state index in [1.165, 1.54) is 0 Å². The zero-order chi connectivity index (χ0) is 17.2. The van der Waals surface area contributed by atoms with Crippen molar-refractivity contribution in [3.63, 3.8) is 0 Å². The lowest BCUT2D eigenvalue weighted by molar-refractivity contribution is -0.139. The monoisotopic (exact) mass is 321 g/mol. The van der Waals surface area contributed by atoms with Gasteiger partial charge in [0.25, 0.3) is 5.91 Å². The van der Waals surface area contributed by atoms with Crippen LogP contribution in [0.5, 0.6) is 0 Å². The molecule has 0 spiro atoms. The largest absolute Gasteiger partial charge is 0.480 e. The Hall–Kier alpha value is -1.85. The maximum Gasteiger partial charge on any atom is 0.326 e. The number of unbranched alkanes of at least 4 members (excludes halogenated alkanes) is 1. The number of aliphatic carboxylic acids is 1. The first kappa shape index (κ1) is 17.5. The van der Waals surface area contributed by atoms with E-state index in [0.717, 1.165) is 31.4 Å². The molecule has 0 unspecified atom stereocenters. The van der Waals surface area contributed by atoms with E-state index in [-0.39, 0.29) is 5.54 Å². The van der Waals surface area contributed by atoms with Crippen molar-refractivity contribution in [3.8, 4) is 0 Å². The average Bonchev–Trinajstić information content (AvgIpc) is 3.19. The number of nitrogens with zero attached hydrogens (tertiary/aromatic N) is 2. The second-order valence-corrected chi connectivity index (χ2v) is 7.32. The third-order valence-electron chi connectivity index (χ3n) is 4.05. The minimum atomic E-state index is -0.996. The van der Waals surface area contributed by atoms with Crippen molar-refractivity contribution in [2.24, 2.45) is 0 Å². The van der Waals surface area contributed by atoms with Crippen LogP contribution in [0.25, 0.3) is 0 Å². The van der Waals surface area contributed by atoms with Crippen LogP contribution in [0.15, 0.2) is 6.07 Å². The fraction of sp³-hybridized carbons (Fsp3) is 0.706. The van der Waals surface area contributed by atoms with E-state index in [0.29, 0.717) is 18.0 Å². The molecule has 1 aromatic heterocycles. The SMILES string of the molecule is CCCC[C@H](NC(=O)c1cc(C2CC2)n(C(C)(C)C)n1)C(=O)O. The van der Waals surface area contributed by atoms with Gasteiger partial charge in [-0.1, -0.05) is 19.8 Å². The van der Waals surface area contributed by atoms with Gasteiger partial charge in [0.1, 0.15) is 11.7 Å². The van der Waals surface area contributed by atoms with E-state index in [1.54, 1.807) is 0 Å². The van der Waals surface area contributed by atoms with E-state index >= 15 is 0 Å². The quantitative estimate of drug-likeness (QED) is 0.809. The smallest absolute Gasteiger partial charge is 0.326 e. The van der Waals surface area contributed by atoms with Gasteiger partial charge in [0.05, 0.1) is 5.54 Å². The van der Waals surface area contributed by atoms with Crippen LogP contribution in [-0.2, 0) is 10.3 Å². The molecule has 1 heterocycles. The second-order valence-electron chi connectivity index (χ2n) is 7.32. The highest BCUT2D eigenvalue weighted by atomic mass is 16.4. The molecule has 128 valence electrons. The molecule has 1 fully saturated rings. The molecule has 2 N–H and O–H groups in total. The number of rotatable bonds is 7. The summed E-state index contributed by atoms with van der Waals surface area (Å²) in [5.74, 6) is -0.929. The third kappa shape index (κ3) is 4.33. The van der Waals surface area contributed by atoms with Gasteiger partial charge in [0.15, 0.2) is 0 Å². The van der Waals surface area contributed by atoms with Crippen molar-refractivity contribution in [1.29, 1.82) is 0 Å². The Labute approximate surface area is 137 Å². The van der Waals surface area contributed by atoms with Crippen LogP contribution in [0.2, 0.25) is 0 Å². The second kappa shape index (κ2) is 6.72. The maximum atomic E-state index is 12.4. The minimum Gasteiger partial charge on any atom is -0.480 e. The van der Waals surface area contributed by atoms with Crippen LogP contribution in [-0.4, -0.2) is 32.8 Å². The standard InChI is InChI=1S/C17H27N3O3/c1-5-6-7-12(16(22)23)18-15(21)13-10-14(11-8-9-11)20(19-13)17(2,3)4/h10-12H,5-9H2,1-4H3,(H,18,21)(H,22,23)/t12-/m0/s1. The van der Waals surface area contributed by atoms with Gasteiger partial charge in [-0.2, -0.15) is 5.10 Å². The molecule has 1 saturated carbocycles. The Morgan fingerprint density at radius 1 is 1.43 bits per heavy atom. The Morgan fingerprint density at radius 2 is 2.09 bits per heavy atom. The minimum absolute atomic E-state index is 0.204. The van der Waals surface area contributed by atoms with E-state index < -0.39 is 17.9 Å². The van der Waals surface area contributed by atoms with E-state index in [1.807, 2.05) is 17.7 Å². The molecule has 0 aromatic carbocycles. The first-order chi connectivity index (χ1) is 10.7. The van der Waals surface area contributed by atoms with Crippen molar-refractivity contribution < 1.29 is 14.7 Å². The van der Waals surface area contributed by atoms with E-state index in [9.17, 15) is 14.7 Å². The number of hydrogen-bond acceptors (Lipinski definition) is 3. The van der Waals surface area contributed by atoms with Crippen LogP contribution in [0.3, 0.4) is 0 Å². The summed E-state index contributed by atoms with van der Waals surface area (Å²) < 4.78 is 1.90. The lowest BCUT2D eigenvalue weighted by Gasteiger charge is -2.22. The van der Waals surface area contributed by atoms with Crippen LogP contribution in [0, 0.1) is 0 Å².